The standard InChI is InChI=1S/C15H17N3O3S/c1-7(2)18-14-12(15(21)17-18)13(22-8(3)16-14)9-4-5-10(19)11(20)6-9/h4-7,13,19-20H,1-3H3,(H,17,21)/t13-/m0/s1. The number of hydrogen-bond acceptors (Lipinski definition) is 5. The van der Waals surface area contributed by atoms with Crippen LogP contribution in [0.5, 0.6) is 11.5 Å². The first-order chi connectivity index (χ1) is 10.4. The van der Waals surface area contributed by atoms with Gasteiger partial charge >= 0.3 is 0 Å². The van der Waals surface area contributed by atoms with Crippen LogP contribution in [0.1, 0.15) is 43.2 Å². The Hall–Kier alpha value is -2.15. The number of H-pyrrole nitrogens is 1. The molecule has 0 bridgehead atoms. The highest BCUT2D eigenvalue weighted by Gasteiger charge is 2.30. The molecule has 2 heterocycles. The third-order valence-electron chi connectivity index (χ3n) is 3.57. The Labute approximate surface area is 131 Å². The Bertz CT molecular complexity index is 820. The number of hydrogen-bond donors (Lipinski definition) is 3. The SMILES string of the molecule is CC1=Nc2c(c(=O)[nH]n2C(C)C)[C@H](c2ccc(O)c(O)c2)S1. The van der Waals surface area contributed by atoms with Gasteiger partial charge in [0.05, 0.1) is 15.9 Å². The van der Waals surface area contributed by atoms with E-state index >= 15 is 0 Å². The molecule has 3 rings (SSSR count). The van der Waals surface area contributed by atoms with Gasteiger partial charge in [-0.3, -0.25) is 14.6 Å². The zero-order valence-electron chi connectivity index (χ0n) is 12.5. The van der Waals surface area contributed by atoms with Crippen molar-refractivity contribution in [2.45, 2.75) is 32.1 Å². The molecule has 0 unspecified atom stereocenters. The van der Waals surface area contributed by atoms with Crippen molar-refractivity contribution in [1.29, 1.82) is 0 Å². The van der Waals surface area contributed by atoms with E-state index in [0.29, 0.717) is 11.4 Å². The molecule has 22 heavy (non-hydrogen) atoms. The fourth-order valence-electron chi connectivity index (χ4n) is 2.52. The van der Waals surface area contributed by atoms with E-state index in [-0.39, 0.29) is 28.4 Å². The van der Waals surface area contributed by atoms with Crippen LogP contribution in [0.15, 0.2) is 28.0 Å². The van der Waals surface area contributed by atoms with Crippen LogP contribution in [0.3, 0.4) is 0 Å². The lowest BCUT2D eigenvalue weighted by molar-refractivity contribution is 0.403. The third kappa shape index (κ3) is 2.31. The van der Waals surface area contributed by atoms with E-state index in [0.717, 1.165) is 10.6 Å². The van der Waals surface area contributed by atoms with Crippen molar-refractivity contribution in [3.63, 3.8) is 0 Å². The van der Waals surface area contributed by atoms with Gasteiger partial charge in [0.15, 0.2) is 17.3 Å². The number of benzene rings is 1. The Balaban J connectivity index is 2.19. The Morgan fingerprint density at radius 1 is 1.32 bits per heavy atom. The first kappa shape index (κ1) is 14.8. The van der Waals surface area contributed by atoms with Crippen molar-refractivity contribution in [2.75, 3.05) is 0 Å². The molecule has 7 heteroatoms. The number of aromatic amines is 1. The summed E-state index contributed by atoms with van der Waals surface area (Å²) < 4.78 is 1.76. The molecule has 3 N–H and O–H groups in total. The second-order valence-electron chi connectivity index (χ2n) is 5.52. The lowest BCUT2D eigenvalue weighted by Gasteiger charge is -2.21. The lowest BCUT2D eigenvalue weighted by atomic mass is 10.1. The minimum absolute atomic E-state index is 0.0879. The molecule has 116 valence electrons. The van der Waals surface area contributed by atoms with Gasteiger partial charge in [-0.25, -0.2) is 4.99 Å². The van der Waals surface area contributed by atoms with Crippen LogP contribution in [-0.4, -0.2) is 25.0 Å². The topological polar surface area (TPSA) is 90.6 Å². The van der Waals surface area contributed by atoms with Gasteiger partial charge in [-0.2, -0.15) is 0 Å². The molecule has 0 radical (unpaired) electrons. The summed E-state index contributed by atoms with van der Waals surface area (Å²) in [4.78, 5) is 16.9. The monoisotopic (exact) mass is 319 g/mol. The average Bonchev–Trinajstić information content (AvgIpc) is 2.78. The molecular formula is C15H17N3O3S. The van der Waals surface area contributed by atoms with Gasteiger partial charge in [0.2, 0.25) is 0 Å². The number of nitrogens with one attached hydrogen (secondary N) is 1. The fraction of sp³-hybridized carbons (Fsp3) is 0.333. The Kier molecular flexibility index (Phi) is 3.52. The zero-order chi connectivity index (χ0) is 16.0. The number of aromatic hydroxyl groups is 2. The second kappa shape index (κ2) is 5.24. The zero-order valence-corrected chi connectivity index (χ0v) is 13.3. The summed E-state index contributed by atoms with van der Waals surface area (Å²) >= 11 is 1.46. The van der Waals surface area contributed by atoms with Gasteiger partial charge in [0, 0.05) is 6.04 Å². The van der Waals surface area contributed by atoms with Crippen LogP contribution in [-0.2, 0) is 0 Å². The summed E-state index contributed by atoms with van der Waals surface area (Å²) in [7, 11) is 0. The minimum Gasteiger partial charge on any atom is -0.504 e. The summed E-state index contributed by atoms with van der Waals surface area (Å²) in [5.74, 6) is 0.261. The second-order valence-corrected chi connectivity index (χ2v) is 6.82. The fourth-order valence-corrected chi connectivity index (χ4v) is 3.61. The number of fused-ring (bicyclic) bond motifs is 1. The van der Waals surface area contributed by atoms with Gasteiger partial charge in [-0.15, -0.1) is 0 Å². The summed E-state index contributed by atoms with van der Waals surface area (Å²) in [6.45, 7) is 5.84. The van der Waals surface area contributed by atoms with Crippen LogP contribution in [0.2, 0.25) is 0 Å². The van der Waals surface area contributed by atoms with E-state index in [9.17, 15) is 15.0 Å². The predicted molar refractivity (Wildman–Crippen MR) is 87.4 cm³/mol. The molecule has 2 aromatic rings. The maximum atomic E-state index is 12.4. The van der Waals surface area contributed by atoms with Gasteiger partial charge in [-0.05, 0) is 38.5 Å². The molecule has 1 aromatic heterocycles. The smallest absolute Gasteiger partial charge is 0.271 e. The van der Waals surface area contributed by atoms with Crippen LogP contribution < -0.4 is 5.56 Å². The van der Waals surface area contributed by atoms with Crippen LogP contribution in [0, 0.1) is 0 Å². The van der Waals surface area contributed by atoms with Crippen molar-refractivity contribution in [3.05, 3.63) is 39.7 Å². The van der Waals surface area contributed by atoms with E-state index in [1.807, 2.05) is 20.8 Å². The molecule has 0 spiro atoms. The third-order valence-corrected chi connectivity index (χ3v) is 4.74. The van der Waals surface area contributed by atoms with Gasteiger partial charge in [0.1, 0.15) is 0 Å². The first-order valence-corrected chi connectivity index (χ1v) is 7.84. The summed E-state index contributed by atoms with van der Waals surface area (Å²) in [6.07, 6.45) is 0. The lowest BCUT2D eigenvalue weighted by Crippen LogP contribution is -2.13. The predicted octanol–water partition coefficient (Wildman–Crippen LogP) is 3.05. The molecule has 6 nitrogen and oxygen atoms in total. The molecule has 0 amide bonds. The summed E-state index contributed by atoms with van der Waals surface area (Å²) in [5, 5.41) is 22.6. The van der Waals surface area contributed by atoms with Gasteiger partial charge in [-0.1, -0.05) is 17.8 Å². The highest BCUT2D eigenvalue weighted by Crippen LogP contribution is 2.45. The molecule has 1 atom stereocenters. The van der Waals surface area contributed by atoms with Crippen LogP contribution >= 0.6 is 11.8 Å². The highest BCUT2D eigenvalue weighted by molar-refractivity contribution is 8.14. The van der Waals surface area contributed by atoms with E-state index in [4.69, 9.17) is 0 Å². The van der Waals surface area contributed by atoms with E-state index in [1.165, 1.54) is 23.9 Å². The molecule has 0 saturated heterocycles. The van der Waals surface area contributed by atoms with Crippen LogP contribution in [0.4, 0.5) is 5.82 Å². The first-order valence-electron chi connectivity index (χ1n) is 6.96. The number of rotatable bonds is 2. The summed E-state index contributed by atoms with van der Waals surface area (Å²) in [5.41, 5.74) is 1.15. The van der Waals surface area contributed by atoms with Crippen molar-refractivity contribution < 1.29 is 10.2 Å². The van der Waals surface area contributed by atoms with Crippen molar-refractivity contribution in [3.8, 4) is 11.5 Å². The largest absolute Gasteiger partial charge is 0.504 e. The van der Waals surface area contributed by atoms with Gasteiger partial charge < -0.3 is 10.2 Å². The van der Waals surface area contributed by atoms with E-state index in [2.05, 4.69) is 10.1 Å². The molecule has 0 saturated carbocycles. The number of aromatic nitrogens is 2. The summed E-state index contributed by atoms with van der Waals surface area (Å²) in [6, 6.07) is 4.72. The molecular weight excluding hydrogens is 302 g/mol. The molecule has 1 aromatic carbocycles. The minimum atomic E-state index is -0.261. The molecule has 1 aliphatic rings. The number of thioether (sulfide) groups is 1. The van der Waals surface area contributed by atoms with Crippen molar-refractivity contribution >= 4 is 22.6 Å². The van der Waals surface area contributed by atoms with Crippen molar-refractivity contribution in [2.24, 2.45) is 4.99 Å². The Morgan fingerprint density at radius 2 is 2.05 bits per heavy atom. The van der Waals surface area contributed by atoms with E-state index < -0.39 is 0 Å². The van der Waals surface area contributed by atoms with E-state index in [1.54, 1.807) is 10.7 Å². The molecule has 0 fully saturated rings. The molecule has 0 aliphatic carbocycles. The quantitative estimate of drug-likeness (QED) is 0.742. The number of phenols is 2. The Morgan fingerprint density at radius 3 is 2.68 bits per heavy atom. The van der Waals surface area contributed by atoms with Crippen molar-refractivity contribution in [1.82, 2.24) is 9.78 Å². The number of phenolic OH excluding ortho intramolecular Hbond substituents is 2. The maximum absolute atomic E-state index is 12.4. The number of aliphatic imine (C=N–C) groups is 1. The molecule has 1 aliphatic heterocycles. The average molecular weight is 319 g/mol. The number of nitrogens with zero attached hydrogens (tertiary/aromatic N) is 2. The van der Waals surface area contributed by atoms with Gasteiger partial charge in [0.25, 0.3) is 5.56 Å². The maximum Gasteiger partial charge on any atom is 0.271 e. The van der Waals surface area contributed by atoms with Crippen LogP contribution in [0.25, 0.3) is 0 Å². The normalized spacial score (nSPS) is 17.5. The highest BCUT2D eigenvalue weighted by atomic mass is 32.2.